The average molecular weight is 550 g/mol. The topological polar surface area (TPSA) is 124 Å². The predicted molar refractivity (Wildman–Crippen MR) is 153 cm³/mol. The smallest absolute Gasteiger partial charge is 0.289 e. The molecule has 3 heterocycles. The quantitative estimate of drug-likeness (QED) is 0.277. The maximum Gasteiger partial charge on any atom is 0.289 e. The molecule has 2 aliphatic rings. The van der Waals surface area contributed by atoms with Crippen molar-refractivity contribution in [2.45, 2.75) is 44.3 Å². The van der Waals surface area contributed by atoms with Gasteiger partial charge in [-0.3, -0.25) is 24.2 Å². The van der Waals surface area contributed by atoms with Crippen molar-refractivity contribution >= 4 is 34.4 Å². The summed E-state index contributed by atoms with van der Waals surface area (Å²) in [6, 6.07) is 20.4. The number of para-hydroxylation sites is 1. The van der Waals surface area contributed by atoms with Crippen LogP contribution in [0, 0.1) is 5.41 Å². The van der Waals surface area contributed by atoms with Crippen molar-refractivity contribution in [2.75, 3.05) is 6.54 Å². The molecule has 208 valence electrons. The molecule has 1 aliphatic heterocycles. The molecule has 2 aromatic carbocycles. The summed E-state index contributed by atoms with van der Waals surface area (Å²) >= 11 is 0. The number of H-pyrrole nitrogens is 1. The molecule has 1 saturated heterocycles. The summed E-state index contributed by atoms with van der Waals surface area (Å²) in [7, 11) is 0. The lowest BCUT2D eigenvalue weighted by Gasteiger charge is -2.26. The monoisotopic (exact) mass is 549 g/mol. The van der Waals surface area contributed by atoms with Gasteiger partial charge in [0.25, 0.3) is 11.8 Å². The number of pyridine rings is 1. The number of ketones is 1. The Morgan fingerprint density at radius 2 is 1.73 bits per heavy atom. The van der Waals surface area contributed by atoms with Crippen LogP contribution in [0.2, 0.25) is 0 Å². The van der Waals surface area contributed by atoms with E-state index in [1.165, 1.54) is 0 Å². The minimum Gasteiger partial charge on any atom is -0.351 e. The summed E-state index contributed by atoms with van der Waals surface area (Å²) in [4.78, 5) is 62.6. The van der Waals surface area contributed by atoms with Gasteiger partial charge in [-0.05, 0) is 54.0 Å². The molecule has 0 radical (unpaired) electrons. The zero-order chi connectivity index (χ0) is 28.4. The minimum absolute atomic E-state index is 0.0698. The van der Waals surface area contributed by atoms with Gasteiger partial charge in [-0.25, -0.2) is 0 Å². The number of nitrogens with one attached hydrogen (secondary N) is 3. The fourth-order valence-corrected chi connectivity index (χ4v) is 5.64. The van der Waals surface area contributed by atoms with E-state index in [2.05, 4.69) is 20.6 Å². The zero-order valence-corrected chi connectivity index (χ0v) is 22.5. The Hall–Kier alpha value is -4.79. The van der Waals surface area contributed by atoms with Crippen LogP contribution >= 0.6 is 0 Å². The molecule has 0 bridgehead atoms. The van der Waals surface area contributed by atoms with Crippen LogP contribution in [0.5, 0.6) is 0 Å². The minimum atomic E-state index is -1.11. The number of hydrogen-bond acceptors (Lipinski definition) is 5. The first kappa shape index (κ1) is 26.4. The first-order valence-corrected chi connectivity index (χ1v) is 13.8. The first-order chi connectivity index (χ1) is 19.9. The number of likely N-dealkylation sites (tertiary alicyclic amines) is 1. The van der Waals surface area contributed by atoms with Gasteiger partial charge in [0.05, 0.1) is 0 Å². The number of hydrogen-bond donors (Lipinski definition) is 3. The fraction of sp³-hybridized carbons (Fsp3) is 0.281. The lowest BCUT2D eigenvalue weighted by atomic mass is 10.00. The lowest BCUT2D eigenvalue weighted by molar-refractivity contribution is -0.140. The second-order valence-electron chi connectivity index (χ2n) is 11.1. The van der Waals surface area contributed by atoms with E-state index in [1.807, 2.05) is 54.6 Å². The highest BCUT2D eigenvalue weighted by atomic mass is 16.2. The van der Waals surface area contributed by atoms with E-state index < -0.39 is 29.7 Å². The van der Waals surface area contributed by atoms with Crippen molar-refractivity contribution < 1.29 is 19.2 Å². The van der Waals surface area contributed by atoms with Crippen LogP contribution in [0.1, 0.15) is 40.9 Å². The normalized spacial score (nSPS) is 17.8. The lowest BCUT2D eigenvalue weighted by Crippen LogP contribution is -2.54. The molecule has 6 rings (SSSR count). The molecule has 3 N–H and O–H groups in total. The molecule has 2 aromatic heterocycles. The van der Waals surface area contributed by atoms with Crippen LogP contribution in [0.25, 0.3) is 10.9 Å². The molecular weight excluding hydrogens is 518 g/mol. The van der Waals surface area contributed by atoms with Gasteiger partial charge in [0.15, 0.2) is 0 Å². The van der Waals surface area contributed by atoms with Crippen LogP contribution < -0.4 is 10.6 Å². The molecule has 1 saturated carbocycles. The summed E-state index contributed by atoms with van der Waals surface area (Å²) in [5, 5.41) is 6.42. The van der Waals surface area contributed by atoms with Gasteiger partial charge in [0.1, 0.15) is 17.8 Å². The van der Waals surface area contributed by atoms with Crippen LogP contribution in [-0.4, -0.2) is 57.0 Å². The van der Waals surface area contributed by atoms with E-state index >= 15 is 0 Å². The molecule has 9 nitrogen and oxygen atoms in total. The van der Waals surface area contributed by atoms with Crippen LogP contribution in [0.15, 0.2) is 85.2 Å². The highest BCUT2D eigenvalue weighted by Gasteiger charge is 2.55. The van der Waals surface area contributed by atoms with E-state index in [-0.39, 0.29) is 24.3 Å². The van der Waals surface area contributed by atoms with Crippen molar-refractivity contribution in [3.63, 3.8) is 0 Å². The van der Waals surface area contributed by atoms with E-state index in [9.17, 15) is 19.2 Å². The van der Waals surface area contributed by atoms with Gasteiger partial charge in [-0.2, -0.15) is 0 Å². The largest absolute Gasteiger partial charge is 0.351 e. The van der Waals surface area contributed by atoms with E-state index in [0.717, 1.165) is 29.3 Å². The van der Waals surface area contributed by atoms with Gasteiger partial charge in [0.2, 0.25) is 11.7 Å². The molecule has 3 amide bonds. The van der Waals surface area contributed by atoms with Crippen molar-refractivity contribution in [3.05, 3.63) is 102 Å². The SMILES string of the molecule is O=C(NCc1ccccc1)C(=O)C(Cc1cccnc1)NC(=O)C1CC2(CC2)CN1C(=O)c1cc2ccccc2[nH]1. The van der Waals surface area contributed by atoms with Crippen molar-refractivity contribution in [2.24, 2.45) is 5.41 Å². The maximum absolute atomic E-state index is 13.8. The van der Waals surface area contributed by atoms with E-state index in [4.69, 9.17) is 0 Å². The second kappa shape index (κ2) is 11.0. The standard InChI is InChI=1S/C32H31N5O4/c38-28(30(40)34-19-21-7-2-1-3-8-21)25(15-22-9-6-14-33-18-22)36-29(39)27-17-32(12-13-32)20-37(27)31(41)26-16-23-10-4-5-11-24(23)35-26/h1-11,14,16,18,25,27,35H,12-13,15,17,19-20H2,(H,34,40)(H,36,39). The molecular formula is C32H31N5O4. The molecule has 2 unspecified atom stereocenters. The highest BCUT2D eigenvalue weighted by molar-refractivity contribution is 6.38. The molecule has 2 atom stereocenters. The first-order valence-electron chi connectivity index (χ1n) is 13.8. The Labute approximate surface area is 237 Å². The Kier molecular flexibility index (Phi) is 7.09. The molecule has 4 aromatic rings. The van der Waals surface area contributed by atoms with Gasteiger partial charge in [0, 0.05) is 42.8 Å². The number of rotatable bonds is 9. The van der Waals surface area contributed by atoms with Crippen molar-refractivity contribution in [1.29, 1.82) is 0 Å². The number of amides is 3. The third kappa shape index (κ3) is 5.75. The number of aromatic amines is 1. The number of carbonyl (C=O) groups is 4. The number of Topliss-reactive ketones (excluding diaryl/α,β-unsaturated/α-hetero) is 1. The Bertz CT molecular complexity index is 1560. The molecule has 1 spiro atoms. The highest BCUT2D eigenvalue weighted by Crippen LogP contribution is 2.55. The summed E-state index contributed by atoms with van der Waals surface area (Å²) in [5.41, 5.74) is 2.76. The van der Waals surface area contributed by atoms with E-state index in [0.29, 0.717) is 24.2 Å². The van der Waals surface area contributed by atoms with Crippen LogP contribution in [0.4, 0.5) is 0 Å². The number of fused-ring (bicyclic) bond motifs is 1. The second-order valence-corrected chi connectivity index (χ2v) is 11.1. The third-order valence-corrected chi connectivity index (χ3v) is 8.10. The van der Waals surface area contributed by atoms with Crippen molar-refractivity contribution in [1.82, 2.24) is 25.5 Å². The Morgan fingerprint density at radius 3 is 2.46 bits per heavy atom. The number of nitrogens with zero attached hydrogens (tertiary/aromatic N) is 2. The molecule has 41 heavy (non-hydrogen) atoms. The Balaban J connectivity index is 1.20. The van der Waals surface area contributed by atoms with Gasteiger partial charge >= 0.3 is 0 Å². The average Bonchev–Trinajstić information content (AvgIpc) is 3.44. The summed E-state index contributed by atoms with van der Waals surface area (Å²) in [6.45, 7) is 0.676. The molecule has 9 heteroatoms. The maximum atomic E-state index is 13.8. The third-order valence-electron chi connectivity index (χ3n) is 8.10. The predicted octanol–water partition coefficient (Wildman–Crippen LogP) is 3.17. The Morgan fingerprint density at radius 1 is 0.976 bits per heavy atom. The zero-order valence-electron chi connectivity index (χ0n) is 22.5. The van der Waals surface area contributed by atoms with Gasteiger partial charge in [-0.1, -0.05) is 54.6 Å². The molecule has 2 fully saturated rings. The van der Waals surface area contributed by atoms with Gasteiger partial charge in [-0.15, -0.1) is 0 Å². The summed E-state index contributed by atoms with van der Waals surface area (Å²) in [5.74, 6) is -2.21. The molecule has 1 aliphatic carbocycles. The van der Waals surface area contributed by atoms with Crippen molar-refractivity contribution in [3.8, 4) is 0 Å². The summed E-state index contributed by atoms with van der Waals surface area (Å²) < 4.78 is 0. The van der Waals surface area contributed by atoms with Crippen LogP contribution in [-0.2, 0) is 27.3 Å². The number of aromatic nitrogens is 2. The number of carbonyl (C=O) groups excluding carboxylic acids is 4. The van der Waals surface area contributed by atoms with Gasteiger partial charge < -0.3 is 20.5 Å². The van der Waals surface area contributed by atoms with Crippen LogP contribution in [0.3, 0.4) is 0 Å². The van der Waals surface area contributed by atoms with E-state index in [1.54, 1.807) is 35.5 Å². The fourth-order valence-electron chi connectivity index (χ4n) is 5.64. The number of benzene rings is 2. The summed E-state index contributed by atoms with van der Waals surface area (Å²) in [6.07, 6.45) is 5.76.